The Morgan fingerprint density at radius 2 is 1.83 bits per heavy atom. The third-order valence-electron chi connectivity index (χ3n) is 5.26. The average Bonchev–Trinajstić information content (AvgIpc) is 3.17. The second-order valence-electron chi connectivity index (χ2n) is 7.23. The molecule has 0 aliphatic carbocycles. The molecule has 1 N–H and O–H groups in total. The minimum atomic E-state index is -0.564. The maximum Gasteiger partial charge on any atom is 0.311 e. The zero-order valence-electron chi connectivity index (χ0n) is 17.2. The molecule has 2 aromatic rings. The summed E-state index contributed by atoms with van der Waals surface area (Å²) in [5.74, 6) is -0.918. The van der Waals surface area contributed by atoms with Crippen molar-refractivity contribution in [3.05, 3.63) is 65.7 Å². The number of amides is 2. The molecule has 2 aromatic carbocycles. The number of rotatable bonds is 8. The van der Waals surface area contributed by atoms with Gasteiger partial charge in [-0.1, -0.05) is 48.5 Å². The highest BCUT2D eigenvalue weighted by molar-refractivity contribution is 5.88. The summed E-state index contributed by atoms with van der Waals surface area (Å²) in [6.45, 7) is 2.11. The van der Waals surface area contributed by atoms with Crippen LogP contribution in [0, 0.1) is 5.92 Å². The Kier molecular flexibility index (Phi) is 7.06. The molecule has 0 aromatic heterocycles. The van der Waals surface area contributed by atoms with Gasteiger partial charge in [0.1, 0.15) is 5.75 Å². The lowest BCUT2D eigenvalue weighted by Crippen LogP contribution is -2.32. The van der Waals surface area contributed by atoms with Gasteiger partial charge in [-0.2, -0.15) is 0 Å². The second kappa shape index (κ2) is 9.91. The Labute approximate surface area is 176 Å². The van der Waals surface area contributed by atoms with E-state index in [0.717, 1.165) is 11.1 Å². The Bertz CT molecular complexity index is 899. The van der Waals surface area contributed by atoms with Gasteiger partial charge in [-0.15, -0.1) is 0 Å². The number of hydrogen-bond acceptors (Lipinski definition) is 5. The number of para-hydroxylation sites is 1. The van der Waals surface area contributed by atoms with Crippen LogP contribution in [0.5, 0.6) is 5.75 Å². The number of carbonyl (C=O) groups is 3. The third-order valence-corrected chi connectivity index (χ3v) is 5.26. The fraction of sp³-hybridized carbons (Fsp3) is 0.348. The maximum atomic E-state index is 12.4. The van der Waals surface area contributed by atoms with Gasteiger partial charge >= 0.3 is 5.97 Å². The van der Waals surface area contributed by atoms with E-state index in [4.69, 9.17) is 9.47 Å². The molecule has 2 atom stereocenters. The van der Waals surface area contributed by atoms with Gasteiger partial charge in [0.15, 0.2) is 6.61 Å². The van der Waals surface area contributed by atoms with Crippen LogP contribution in [0.1, 0.15) is 30.5 Å². The number of nitrogens with one attached hydrogen (secondary N) is 1. The van der Waals surface area contributed by atoms with Crippen LogP contribution in [0.15, 0.2) is 54.6 Å². The standard InChI is InChI=1S/C23H26N2O5/c1-16(17-8-4-3-5-9-17)25-14-19(12-22(25)27)23(28)30-15-21(26)24-13-18-10-6-7-11-20(18)29-2/h3-11,16,19H,12-15H2,1-2H3,(H,24,26)/t16-,19+/m1/s1. The van der Waals surface area contributed by atoms with Gasteiger partial charge in [0.05, 0.1) is 19.1 Å². The summed E-state index contributed by atoms with van der Waals surface area (Å²) in [4.78, 5) is 38.5. The first-order valence-corrected chi connectivity index (χ1v) is 9.89. The van der Waals surface area contributed by atoms with E-state index in [9.17, 15) is 14.4 Å². The molecule has 7 heteroatoms. The molecule has 0 spiro atoms. The van der Waals surface area contributed by atoms with Crippen LogP contribution in [-0.4, -0.2) is 42.9 Å². The molecule has 1 aliphatic rings. The first kappa shape index (κ1) is 21.4. The summed E-state index contributed by atoms with van der Waals surface area (Å²) in [5.41, 5.74) is 1.84. The van der Waals surface area contributed by atoms with Crippen LogP contribution in [0.4, 0.5) is 0 Å². The van der Waals surface area contributed by atoms with Gasteiger partial charge in [0.2, 0.25) is 5.91 Å². The Morgan fingerprint density at radius 1 is 1.13 bits per heavy atom. The summed E-state index contributed by atoms with van der Waals surface area (Å²) in [5, 5.41) is 2.70. The molecule has 3 rings (SSSR count). The van der Waals surface area contributed by atoms with E-state index in [2.05, 4.69) is 5.32 Å². The van der Waals surface area contributed by atoms with E-state index < -0.39 is 17.8 Å². The normalized spacial score (nSPS) is 16.8. The quantitative estimate of drug-likeness (QED) is 0.676. The third kappa shape index (κ3) is 5.17. The lowest BCUT2D eigenvalue weighted by Gasteiger charge is -2.25. The van der Waals surface area contributed by atoms with E-state index in [1.165, 1.54) is 0 Å². The van der Waals surface area contributed by atoms with Crippen molar-refractivity contribution < 1.29 is 23.9 Å². The fourth-order valence-electron chi connectivity index (χ4n) is 3.52. The average molecular weight is 410 g/mol. The molecule has 0 saturated carbocycles. The van der Waals surface area contributed by atoms with Crippen molar-refractivity contribution in [2.45, 2.75) is 25.9 Å². The molecule has 30 heavy (non-hydrogen) atoms. The first-order chi connectivity index (χ1) is 14.5. The molecule has 1 heterocycles. The second-order valence-corrected chi connectivity index (χ2v) is 7.23. The molecular formula is C23H26N2O5. The van der Waals surface area contributed by atoms with Gasteiger partial charge in [-0.05, 0) is 18.6 Å². The summed E-state index contributed by atoms with van der Waals surface area (Å²) >= 11 is 0. The number of carbonyl (C=O) groups excluding carboxylic acids is 3. The molecule has 0 radical (unpaired) electrons. The topological polar surface area (TPSA) is 84.9 Å². The highest BCUT2D eigenvalue weighted by Gasteiger charge is 2.38. The molecule has 1 fully saturated rings. The number of esters is 1. The Morgan fingerprint density at radius 3 is 2.57 bits per heavy atom. The smallest absolute Gasteiger partial charge is 0.311 e. The van der Waals surface area contributed by atoms with Crippen molar-refractivity contribution in [2.75, 3.05) is 20.3 Å². The van der Waals surface area contributed by atoms with Gasteiger partial charge < -0.3 is 19.7 Å². The zero-order valence-corrected chi connectivity index (χ0v) is 17.2. The summed E-state index contributed by atoms with van der Waals surface area (Å²) in [7, 11) is 1.56. The van der Waals surface area contributed by atoms with Crippen LogP contribution < -0.4 is 10.1 Å². The minimum absolute atomic E-state index is 0.0890. The van der Waals surface area contributed by atoms with Crippen molar-refractivity contribution in [3.63, 3.8) is 0 Å². The van der Waals surface area contributed by atoms with Crippen LogP contribution in [0.25, 0.3) is 0 Å². The molecule has 1 aliphatic heterocycles. The number of likely N-dealkylation sites (tertiary alicyclic amines) is 1. The lowest BCUT2D eigenvalue weighted by molar-refractivity contribution is -0.152. The van der Waals surface area contributed by atoms with Crippen molar-refractivity contribution in [1.29, 1.82) is 0 Å². The van der Waals surface area contributed by atoms with Crippen LogP contribution in [0.3, 0.4) is 0 Å². The van der Waals surface area contributed by atoms with Crippen LogP contribution in [0.2, 0.25) is 0 Å². The Hall–Kier alpha value is -3.35. The SMILES string of the molecule is COc1ccccc1CNC(=O)COC(=O)[C@H]1CC(=O)N([C@H](C)c2ccccc2)C1. The van der Waals surface area contributed by atoms with Gasteiger partial charge in [-0.25, -0.2) is 0 Å². The van der Waals surface area contributed by atoms with E-state index >= 15 is 0 Å². The molecule has 0 bridgehead atoms. The minimum Gasteiger partial charge on any atom is -0.496 e. The predicted molar refractivity (Wildman–Crippen MR) is 110 cm³/mol. The summed E-state index contributed by atoms with van der Waals surface area (Å²) in [6, 6.07) is 16.9. The molecule has 7 nitrogen and oxygen atoms in total. The maximum absolute atomic E-state index is 12.4. The van der Waals surface area contributed by atoms with Crippen molar-refractivity contribution in [1.82, 2.24) is 10.2 Å². The van der Waals surface area contributed by atoms with E-state index in [1.807, 2.05) is 55.5 Å². The molecule has 1 saturated heterocycles. The van der Waals surface area contributed by atoms with E-state index in [-0.39, 0.29) is 38.1 Å². The van der Waals surface area contributed by atoms with E-state index in [1.54, 1.807) is 18.1 Å². The van der Waals surface area contributed by atoms with Crippen molar-refractivity contribution in [2.24, 2.45) is 5.92 Å². The van der Waals surface area contributed by atoms with Crippen molar-refractivity contribution in [3.8, 4) is 5.75 Å². The molecule has 158 valence electrons. The number of benzene rings is 2. The molecule has 0 unspecified atom stereocenters. The number of nitrogens with zero attached hydrogens (tertiary/aromatic N) is 1. The van der Waals surface area contributed by atoms with Crippen LogP contribution >= 0.6 is 0 Å². The number of ether oxygens (including phenoxy) is 2. The van der Waals surface area contributed by atoms with E-state index in [0.29, 0.717) is 5.75 Å². The number of hydrogen-bond donors (Lipinski definition) is 1. The lowest BCUT2D eigenvalue weighted by atomic mass is 10.1. The highest BCUT2D eigenvalue weighted by Crippen LogP contribution is 2.29. The Balaban J connectivity index is 1.47. The predicted octanol–water partition coefficient (Wildman–Crippen LogP) is 2.46. The van der Waals surface area contributed by atoms with Gasteiger partial charge in [-0.3, -0.25) is 14.4 Å². The monoisotopic (exact) mass is 410 g/mol. The first-order valence-electron chi connectivity index (χ1n) is 9.89. The van der Waals surface area contributed by atoms with Gasteiger partial charge in [0.25, 0.3) is 5.91 Å². The zero-order chi connectivity index (χ0) is 21.5. The molecular weight excluding hydrogens is 384 g/mol. The largest absolute Gasteiger partial charge is 0.496 e. The molecule has 2 amide bonds. The summed E-state index contributed by atoms with van der Waals surface area (Å²) < 4.78 is 10.4. The fourth-order valence-corrected chi connectivity index (χ4v) is 3.52. The highest BCUT2D eigenvalue weighted by atomic mass is 16.5. The number of methoxy groups -OCH3 is 1. The van der Waals surface area contributed by atoms with Crippen LogP contribution in [-0.2, 0) is 25.7 Å². The van der Waals surface area contributed by atoms with Gasteiger partial charge in [0, 0.05) is 25.1 Å². The summed E-state index contributed by atoms with van der Waals surface area (Å²) in [6.07, 6.45) is 0.0961. The van der Waals surface area contributed by atoms with Crippen molar-refractivity contribution >= 4 is 17.8 Å².